The quantitative estimate of drug-likeness (QED) is 0.678. The van der Waals surface area contributed by atoms with Crippen LogP contribution in [0.3, 0.4) is 0 Å². The van der Waals surface area contributed by atoms with Gasteiger partial charge in [0.2, 0.25) is 5.91 Å². The van der Waals surface area contributed by atoms with E-state index in [-0.39, 0.29) is 17.9 Å². The average Bonchev–Trinajstić information content (AvgIpc) is 2.81. The molecular weight excluding hydrogens is 248 g/mol. The maximum Gasteiger partial charge on any atom is 0.230 e. The summed E-state index contributed by atoms with van der Waals surface area (Å²) in [6.45, 7) is 1.94. The van der Waals surface area contributed by atoms with Crippen molar-refractivity contribution in [1.82, 2.24) is 10.6 Å². The van der Waals surface area contributed by atoms with Gasteiger partial charge in [-0.3, -0.25) is 4.79 Å². The zero-order valence-corrected chi connectivity index (χ0v) is 11.0. The Morgan fingerprint density at radius 3 is 2.83 bits per heavy atom. The lowest BCUT2D eigenvalue weighted by Gasteiger charge is -2.13. The van der Waals surface area contributed by atoms with Crippen LogP contribution in [-0.2, 0) is 4.79 Å². The molecule has 0 radical (unpaired) electrons. The van der Waals surface area contributed by atoms with Gasteiger partial charge < -0.3 is 15.7 Å². The maximum atomic E-state index is 11.6. The molecule has 2 rings (SSSR count). The summed E-state index contributed by atoms with van der Waals surface area (Å²) in [6, 6.07) is 9.85. The molecule has 18 heavy (non-hydrogen) atoms. The van der Waals surface area contributed by atoms with Crippen LogP contribution in [0.15, 0.2) is 35.2 Å². The van der Waals surface area contributed by atoms with Crippen LogP contribution in [-0.4, -0.2) is 42.5 Å². The molecule has 2 unspecified atom stereocenters. The summed E-state index contributed by atoms with van der Waals surface area (Å²) in [7, 11) is 0. The SMILES string of the molecule is O=C(CSc1ccccc1)NCC1CNCC1O. The van der Waals surface area contributed by atoms with Crippen molar-refractivity contribution in [3.05, 3.63) is 30.3 Å². The number of nitrogens with one attached hydrogen (secondary N) is 2. The third-order valence-electron chi connectivity index (χ3n) is 2.98. The zero-order valence-electron chi connectivity index (χ0n) is 10.1. The number of amides is 1. The summed E-state index contributed by atoms with van der Waals surface area (Å²) in [4.78, 5) is 12.7. The van der Waals surface area contributed by atoms with E-state index >= 15 is 0 Å². The molecule has 0 saturated carbocycles. The van der Waals surface area contributed by atoms with Gasteiger partial charge in [0.25, 0.3) is 0 Å². The van der Waals surface area contributed by atoms with E-state index in [1.807, 2.05) is 30.3 Å². The Hall–Kier alpha value is -1.04. The first-order chi connectivity index (χ1) is 8.75. The predicted octanol–water partition coefficient (Wildman–Crippen LogP) is 0.475. The van der Waals surface area contributed by atoms with Gasteiger partial charge in [-0.15, -0.1) is 11.8 Å². The molecule has 4 nitrogen and oxygen atoms in total. The molecule has 1 heterocycles. The zero-order chi connectivity index (χ0) is 12.8. The molecule has 1 aromatic carbocycles. The van der Waals surface area contributed by atoms with Crippen molar-refractivity contribution in [3.8, 4) is 0 Å². The van der Waals surface area contributed by atoms with E-state index in [2.05, 4.69) is 10.6 Å². The molecule has 0 aromatic heterocycles. The van der Waals surface area contributed by atoms with Crippen LogP contribution in [0.1, 0.15) is 0 Å². The number of hydrogen-bond donors (Lipinski definition) is 3. The summed E-state index contributed by atoms with van der Waals surface area (Å²) >= 11 is 1.52. The van der Waals surface area contributed by atoms with Crippen molar-refractivity contribution < 1.29 is 9.90 Å². The summed E-state index contributed by atoms with van der Waals surface area (Å²) in [5, 5.41) is 15.6. The van der Waals surface area contributed by atoms with Crippen molar-refractivity contribution in [2.75, 3.05) is 25.4 Å². The molecule has 1 aromatic rings. The van der Waals surface area contributed by atoms with Gasteiger partial charge in [0.1, 0.15) is 0 Å². The van der Waals surface area contributed by atoms with Crippen molar-refractivity contribution in [1.29, 1.82) is 0 Å². The Labute approximate surface area is 111 Å². The van der Waals surface area contributed by atoms with E-state index in [1.54, 1.807) is 0 Å². The number of aliphatic hydroxyl groups is 1. The molecule has 5 heteroatoms. The average molecular weight is 266 g/mol. The lowest BCUT2D eigenvalue weighted by molar-refractivity contribution is -0.118. The molecule has 1 saturated heterocycles. The minimum Gasteiger partial charge on any atom is -0.391 e. The lowest BCUT2D eigenvalue weighted by Crippen LogP contribution is -2.35. The molecule has 1 fully saturated rings. The molecule has 0 bridgehead atoms. The number of rotatable bonds is 5. The molecular formula is C13H18N2O2S. The highest BCUT2D eigenvalue weighted by Gasteiger charge is 2.24. The molecule has 3 N–H and O–H groups in total. The Morgan fingerprint density at radius 2 is 2.17 bits per heavy atom. The van der Waals surface area contributed by atoms with Crippen LogP contribution in [0.4, 0.5) is 0 Å². The number of aliphatic hydroxyl groups excluding tert-OH is 1. The molecule has 1 amide bonds. The number of thioether (sulfide) groups is 1. The van der Waals surface area contributed by atoms with Crippen LogP contribution in [0.2, 0.25) is 0 Å². The fourth-order valence-electron chi connectivity index (χ4n) is 1.89. The monoisotopic (exact) mass is 266 g/mol. The molecule has 98 valence electrons. The molecule has 2 atom stereocenters. The van der Waals surface area contributed by atoms with Crippen molar-refractivity contribution in [3.63, 3.8) is 0 Å². The van der Waals surface area contributed by atoms with Gasteiger partial charge in [-0.05, 0) is 12.1 Å². The van der Waals surface area contributed by atoms with Crippen molar-refractivity contribution in [2.24, 2.45) is 5.92 Å². The molecule has 0 aliphatic carbocycles. The fourth-order valence-corrected chi connectivity index (χ4v) is 2.64. The van der Waals surface area contributed by atoms with Gasteiger partial charge in [0, 0.05) is 30.4 Å². The van der Waals surface area contributed by atoms with Crippen LogP contribution in [0, 0.1) is 5.92 Å². The summed E-state index contributed by atoms with van der Waals surface area (Å²) in [6.07, 6.45) is -0.341. The topological polar surface area (TPSA) is 61.4 Å². The Balaban J connectivity index is 1.66. The molecule has 0 spiro atoms. The normalized spacial score (nSPS) is 22.9. The summed E-state index contributed by atoms with van der Waals surface area (Å²) in [5.41, 5.74) is 0. The Bertz CT molecular complexity index is 386. The van der Waals surface area contributed by atoms with Gasteiger partial charge in [0.15, 0.2) is 0 Å². The molecule has 1 aliphatic rings. The van der Waals surface area contributed by atoms with E-state index in [4.69, 9.17) is 0 Å². The lowest BCUT2D eigenvalue weighted by atomic mass is 10.1. The Kier molecular flexibility index (Phi) is 5.04. The first-order valence-electron chi connectivity index (χ1n) is 6.09. The fraction of sp³-hybridized carbons (Fsp3) is 0.462. The second-order valence-corrected chi connectivity index (χ2v) is 5.44. The number of β-amino-alcohol motifs (C(OH)–C–C–N with tert-alkyl or cyclic N) is 1. The van der Waals surface area contributed by atoms with E-state index in [1.165, 1.54) is 11.8 Å². The first kappa shape index (κ1) is 13.4. The standard InChI is InChI=1S/C13H18N2O2S/c16-12-8-14-6-10(12)7-15-13(17)9-18-11-4-2-1-3-5-11/h1-5,10,12,14,16H,6-9H2,(H,15,17). The van der Waals surface area contributed by atoms with Gasteiger partial charge in [-0.25, -0.2) is 0 Å². The van der Waals surface area contributed by atoms with E-state index < -0.39 is 0 Å². The second-order valence-electron chi connectivity index (χ2n) is 4.39. The van der Waals surface area contributed by atoms with Crippen LogP contribution in [0.5, 0.6) is 0 Å². The van der Waals surface area contributed by atoms with Gasteiger partial charge in [-0.2, -0.15) is 0 Å². The molecule has 1 aliphatic heterocycles. The van der Waals surface area contributed by atoms with Crippen molar-refractivity contribution >= 4 is 17.7 Å². The highest BCUT2D eigenvalue weighted by molar-refractivity contribution is 8.00. The largest absolute Gasteiger partial charge is 0.391 e. The van der Waals surface area contributed by atoms with Gasteiger partial charge in [0.05, 0.1) is 11.9 Å². The minimum absolute atomic E-state index is 0.0166. The first-order valence-corrected chi connectivity index (χ1v) is 7.07. The second kappa shape index (κ2) is 6.78. The number of carbonyl (C=O) groups excluding carboxylic acids is 1. The predicted molar refractivity (Wildman–Crippen MR) is 72.5 cm³/mol. The van der Waals surface area contributed by atoms with Crippen molar-refractivity contribution in [2.45, 2.75) is 11.0 Å². The van der Waals surface area contributed by atoms with Crippen LogP contribution in [0.25, 0.3) is 0 Å². The van der Waals surface area contributed by atoms with Gasteiger partial charge >= 0.3 is 0 Å². The van der Waals surface area contributed by atoms with E-state index in [0.717, 1.165) is 11.4 Å². The van der Waals surface area contributed by atoms with E-state index in [0.29, 0.717) is 18.8 Å². The van der Waals surface area contributed by atoms with Crippen LogP contribution >= 0.6 is 11.8 Å². The Morgan fingerprint density at radius 1 is 1.39 bits per heavy atom. The summed E-state index contributed by atoms with van der Waals surface area (Å²) in [5.74, 6) is 0.568. The minimum atomic E-state index is -0.341. The van der Waals surface area contributed by atoms with E-state index in [9.17, 15) is 9.90 Å². The van der Waals surface area contributed by atoms with Crippen LogP contribution < -0.4 is 10.6 Å². The highest BCUT2D eigenvalue weighted by Crippen LogP contribution is 2.16. The third-order valence-corrected chi connectivity index (χ3v) is 3.99. The summed E-state index contributed by atoms with van der Waals surface area (Å²) < 4.78 is 0. The maximum absolute atomic E-state index is 11.6. The van der Waals surface area contributed by atoms with Gasteiger partial charge in [-0.1, -0.05) is 18.2 Å². The highest BCUT2D eigenvalue weighted by atomic mass is 32.2. The third kappa shape index (κ3) is 4.01. The smallest absolute Gasteiger partial charge is 0.230 e. The number of benzene rings is 1. The number of hydrogen-bond acceptors (Lipinski definition) is 4. The number of carbonyl (C=O) groups is 1.